The van der Waals surface area contributed by atoms with Crippen LogP contribution in [-0.2, 0) is 4.79 Å². The van der Waals surface area contributed by atoms with E-state index in [1.807, 2.05) is 0 Å². The SMILES string of the molecule is O=C1C(Nc2ccc(OC(F)(F)F)cc2)=CC(c2cccc(OC(F)(F)F)c2)N1c1ccc(OC(F)(F)F)cc1. The molecule has 0 spiro atoms. The van der Waals surface area contributed by atoms with Crippen LogP contribution in [0, 0.1) is 0 Å². The number of amides is 1. The molecule has 1 amide bonds. The van der Waals surface area contributed by atoms with E-state index in [-0.39, 0.29) is 22.6 Å². The quantitative estimate of drug-likeness (QED) is 0.295. The molecule has 1 atom stereocenters. The fourth-order valence-electron chi connectivity index (χ4n) is 3.78. The maximum atomic E-state index is 13.4. The second-order valence-corrected chi connectivity index (χ2v) is 8.06. The Labute approximate surface area is 219 Å². The number of carbonyl (C=O) groups excluding carboxylic acids is 1. The molecule has 212 valence electrons. The number of rotatable bonds is 7. The minimum atomic E-state index is -5.00. The van der Waals surface area contributed by atoms with Gasteiger partial charge in [-0.1, -0.05) is 12.1 Å². The van der Waals surface area contributed by atoms with Gasteiger partial charge in [-0.3, -0.25) is 9.69 Å². The summed E-state index contributed by atoms with van der Waals surface area (Å²) in [6.07, 6.45) is -13.6. The second-order valence-electron chi connectivity index (χ2n) is 8.06. The van der Waals surface area contributed by atoms with Gasteiger partial charge in [0.1, 0.15) is 22.9 Å². The molecule has 1 heterocycles. The van der Waals surface area contributed by atoms with E-state index < -0.39 is 48.3 Å². The summed E-state index contributed by atoms with van der Waals surface area (Å²) in [7, 11) is 0. The fraction of sp³-hybridized carbons (Fsp3) is 0.160. The lowest BCUT2D eigenvalue weighted by Crippen LogP contribution is -2.30. The third-order valence-electron chi connectivity index (χ3n) is 5.20. The predicted octanol–water partition coefficient (Wildman–Crippen LogP) is 7.47. The Morgan fingerprint density at radius 1 is 0.650 bits per heavy atom. The summed E-state index contributed by atoms with van der Waals surface area (Å²) in [6.45, 7) is 0. The summed E-state index contributed by atoms with van der Waals surface area (Å²) < 4.78 is 125. The van der Waals surface area contributed by atoms with Gasteiger partial charge in [0.2, 0.25) is 0 Å². The van der Waals surface area contributed by atoms with Gasteiger partial charge in [-0.05, 0) is 72.3 Å². The van der Waals surface area contributed by atoms with E-state index in [0.717, 1.165) is 53.4 Å². The zero-order valence-corrected chi connectivity index (χ0v) is 19.6. The lowest BCUT2D eigenvalue weighted by Gasteiger charge is -2.26. The van der Waals surface area contributed by atoms with Gasteiger partial charge in [-0.15, -0.1) is 39.5 Å². The summed E-state index contributed by atoms with van der Waals surface area (Å²) in [6, 6.07) is 12.2. The van der Waals surface area contributed by atoms with Crippen LogP contribution in [0.25, 0.3) is 0 Å². The van der Waals surface area contributed by atoms with Crippen molar-refractivity contribution in [3.63, 3.8) is 0 Å². The average Bonchev–Trinajstić information content (AvgIpc) is 3.14. The molecule has 15 heteroatoms. The third kappa shape index (κ3) is 7.51. The number of alkyl halides is 9. The standard InChI is InChI=1S/C25H15F9N2O4/c26-23(27,28)38-17-8-4-15(5-9-17)35-20-13-21(14-2-1-3-19(12-14)40-25(32,33)34)36(22(20)37)16-6-10-18(11-7-16)39-24(29,30)31/h1-13,21,35H. The smallest absolute Gasteiger partial charge is 0.406 e. The molecular weight excluding hydrogens is 563 g/mol. The van der Waals surface area contributed by atoms with Crippen LogP contribution in [0.15, 0.2) is 84.6 Å². The number of anilines is 2. The Kier molecular flexibility index (Phi) is 7.50. The lowest BCUT2D eigenvalue weighted by molar-refractivity contribution is -0.275. The lowest BCUT2D eigenvalue weighted by atomic mass is 10.1. The highest BCUT2D eigenvalue weighted by Gasteiger charge is 2.37. The number of hydrogen-bond donors (Lipinski definition) is 1. The highest BCUT2D eigenvalue weighted by Crippen LogP contribution is 2.39. The first kappa shape index (κ1) is 28.4. The number of ether oxygens (including phenoxy) is 3. The Hall–Kier alpha value is -4.56. The van der Waals surface area contributed by atoms with Gasteiger partial charge < -0.3 is 19.5 Å². The van der Waals surface area contributed by atoms with Crippen LogP contribution in [0.3, 0.4) is 0 Å². The first-order valence-corrected chi connectivity index (χ1v) is 11.0. The highest BCUT2D eigenvalue weighted by atomic mass is 19.4. The van der Waals surface area contributed by atoms with Gasteiger partial charge in [0.25, 0.3) is 5.91 Å². The molecule has 3 aromatic rings. The summed E-state index contributed by atoms with van der Waals surface area (Å²) in [4.78, 5) is 14.5. The van der Waals surface area contributed by atoms with E-state index in [0.29, 0.717) is 0 Å². The Morgan fingerprint density at radius 3 is 1.68 bits per heavy atom. The van der Waals surface area contributed by atoms with Crippen LogP contribution in [0.2, 0.25) is 0 Å². The second kappa shape index (κ2) is 10.5. The molecule has 1 aliphatic heterocycles. The molecule has 0 radical (unpaired) electrons. The predicted molar refractivity (Wildman–Crippen MR) is 121 cm³/mol. The number of carbonyl (C=O) groups is 1. The maximum absolute atomic E-state index is 13.4. The van der Waals surface area contributed by atoms with Gasteiger partial charge in [0.15, 0.2) is 0 Å². The van der Waals surface area contributed by atoms with Gasteiger partial charge >= 0.3 is 19.1 Å². The minimum absolute atomic E-state index is 0.0636. The number of halogens is 9. The van der Waals surface area contributed by atoms with Crippen LogP contribution in [0.5, 0.6) is 17.2 Å². The number of benzene rings is 3. The van der Waals surface area contributed by atoms with Gasteiger partial charge in [-0.25, -0.2) is 0 Å². The van der Waals surface area contributed by atoms with Crippen molar-refractivity contribution >= 4 is 17.3 Å². The number of hydrogen-bond acceptors (Lipinski definition) is 5. The monoisotopic (exact) mass is 578 g/mol. The van der Waals surface area contributed by atoms with Gasteiger partial charge in [0, 0.05) is 11.4 Å². The molecule has 0 fully saturated rings. The molecule has 0 aromatic heterocycles. The van der Waals surface area contributed by atoms with Crippen molar-refractivity contribution in [3.05, 3.63) is 90.1 Å². The first-order chi connectivity index (χ1) is 18.6. The van der Waals surface area contributed by atoms with Crippen molar-refractivity contribution < 1.29 is 58.5 Å². The molecule has 1 aliphatic rings. The van der Waals surface area contributed by atoms with Crippen molar-refractivity contribution in [1.29, 1.82) is 0 Å². The van der Waals surface area contributed by atoms with Crippen molar-refractivity contribution in [2.24, 2.45) is 0 Å². The van der Waals surface area contributed by atoms with E-state index in [1.165, 1.54) is 30.3 Å². The normalized spacial score (nSPS) is 16.0. The summed E-state index contributed by atoms with van der Waals surface area (Å²) in [5, 5.41) is 2.72. The first-order valence-electron chi connectivity index (χ1n) is 11.0. The summed E-state index contributed by atoms with van der Waals surface area (Å²) in [5.41, 5.74) is 0.259. The largest absolute Gasteiger partial charge is 0.573 e. The molecular formula is C25H15F9N2O4. The van der Waals surface area contributed by atoms with E-state index in [9.17, 15) is 44.3 Å². The van der Waals surface area contributed by atoms with Crippen molar-refractivity contribution in [3.8, 4) is 17.2 Å². The van der Waals surface area contributed by atoms with Crippen molar-refractivity contribution in [2.45, 2.75) is 25.1 Å². The Balaban J connectivity index is 1.66. The molecule has 40 heavy (non-hydrogen) atoms. The molecule has 1 N–H and O–H groups in total. The van der Waals surface area contributed by atoms with Crippen molar-refractivity contribution in [2.75, 3.05) is 10.2 Å². The molecule has 0 saturated heterocycles. The maximum Gasteiger partial charge on any atom is 0.573 e. The molecule has 6 nitrogen and oxygen atoms in total. The number of nitrogens with zero attached hydrogens (tertiary/aromatic N) is 1. The topological polar surface area (TPSA) is 60.0 Å². The fourth-order valence-corrected chi connectivity index (χ4v) is 3.78. The van der Waals surface area contributed by atoms with E-state index >= 15 is 0 Å². The molecule has 0 saturated carbocycles. The molecule has 1 unspecified atom stereocenters. The van der Waals surface area contributed by atoms with Crippen LogP contribution in [0.4, 0.5) is 50.9 Å². The van der Waals surface area contributed by atoms with Gasteiger partial charge in [0.05, 0.1) is 6.04 Å². The molecule has 0 bridgehead atoms. The zero-order valence-electron chi connectivity index (χ0n) is 19.6. The van der Waals surface area contributed by atoms with Crippen LogP contribution >= 0.6 is 0 Å². The molecule has 0 aliphatic carbocycles. The Bertz CT molecular complexity index is 1380. The zero-order chi connectivity index (χ0) is 29.3. The van der Waals surface area contributed by atoms with E-state index in [1.54, 1.807) is 0 Å². The summed E-state index contributed by atoms with van der Waals surface area (Å²) >= 11 is 0. The third-order valence-corrected chi connectivity index (χ3v) is 5.20. The highest BCUT2D eigenvalue weighted by molar-refractivity contribution is 6.11. The van der Waals surface area contributed by atoms with E-state index in [2.05, 4.69) is 19.5 Å². The van der Waals surface area contributed by atoms with E-state index in [4.69, 9.17) is 0 Å². The van der Waals surface area contributed by atoms with Crippen molar-refractivity contribution in [1.82, 2.24) is 0 Å². The van der Waals surface area contributed by atoms with Crippen LogP contribution in [0.1, 0.15) is 11.6 Å². The molecule has 3 aromatic carbocycles. The molecule has 4 rings (SSSR count). The van der Waals surface area contributed by atoms with Crippen LogP contribution < -0.4 is 24.4 Å². The number of nitrogens with one attached hydrogen (secondary N) is 1. The van der Waals surface area contributed by atoms with Crippen LogP contribution in [-0.4, -0.2) is 25.0 Å². The Morgan fingerprint density at radius 2 is 1.15 bits per heavy atom. The summed E-state index contributed by atoms with van der Waals surface area (Å²) in [5.74, 6) is -2.42. The minimum Gasteiger partial charge on any atom is -0.406 e. The average molecular weight is 578 g/mol. The van der Waals surface area contributed by atoms with Gasteiger partial charge in [-0.2, -0.15) is 0 Å².